The number of carbonyl (C=O) groups excluding carboxylic acids is 2. The van der Waals surface area contributed by atoms with E-state index in [9.17, 15) is 14.7 Å². The van der Waals surface area contributed by atoms with Crippen LogP contribution in [0.15, 0.2) is 0 Å². The van der Waals surface area contributed by atoms with E-state index in [4.69, 9.17) is 9.47 Å². The maximum atomic E-state index is 12.0. The number of hydrogen-bond acceptors (Lipinski definition) is 5. The van der Waals surface area contributed by atoms with Crippen molar-refractivity contribution in [2.75, 3.05) is 13.2 Å². The van der Waals surface area contributed by atoms with Crippen molar-refractivity contribution >= 4 is 11.9 Å². The van der Waals surface area contributed by atoms with Gasteiger partial charge in [-0.2, -0.15) is 0 Å². The summed E-state index contributed by atoms with van der Waals surface area (Å²) in [7, 11) is 0. The van der Waals surface area contributed by atoms with Crippen LogP contribution in [0.5, 0.6) is 0 Å². The average molecular weight is 653 g/mol. The van der Waals surface area contributed by atoms with E-state index in [1.54, 1.807) is 0 Å². The lowest BCUT2D eigenvalue weighted by atomic mass is 9.99. The molecule has 0 fully saturated rings. The van der Waals surface area contributed by atoms with Crippen molar-refractivity contribution in [3.8, 4) is 0 Å². The van der Waals surface area contributed by atoms with Crippen molar-refractivity contribution in [2.45, 2.75) is 226 Å². The summed E-state index contributed by atoms with van der Waals surface area (Å²) in [5.41, 5.74) is 0. The van der Waals surface area contributed by atoms with Crippen LogP contribution in [0.25, 0.3) is 0 Å². The van der Waals surface area contributed by atoms with Crippen LogP contribution in [0, 0.1) is 11.8 Å². The van der Waals surface area contributed by atoms with Crippen molar-refractivity contribution < 1.29 is 24.2 Å². The zero-order chi connectivity index (χ0) is 33.9. The van der Waals surface area contributed by atoms with Crippen LogP contribution in [0.2, 0.25) is 0 Å². The molecule has 0 rings (SSSR count). The van der Waals surface area contributed by atoms with Gasteiger partial charge >= 0.3 is 11.9 Å². The van der Waals surface area contributed by atoms with Crippen molar-refractivity contribution in [1.29, 1.82) is 0 Å². The number of aliphatic hydroxyl groups is 1. The molecular formula is C41H80O5. The van der Waals surface area contributed by atoms with Crippen LogP contribution < -0.4 is 0 Å². The van der Waals surface area contributed by atoms with Gasteiger partial charge in [0.15, 0.2) is 0 Å². The van der Waals surface area contributed by atoms with Gasteiger partial charge in [0, 0.05) is 12.8 Å². The van der Waals surface area contributed by atoms with Crippen molar-refractivity contribution in [1.82, 2.24) is 0 Å². The summed E-state index contributed by atoms with van der Waals surface area (Å²) in [5, 5.41) is 10.0. The third-order valence-electron chi connectivity index (χ3n) is 9.56. The molecule has 1 unspecified atom stereocenters. The first-order chi connectivity index (χ1) is 22.3. The van der Waals surface area contributed by atoms with Crippen LogP contribution in [0.4, 0.5) is 0 Å². The molecule has 0 aliphatic heterocycles. The zero-order valence-corrected chi connectivity index (χ0v) is 31.4. The van der Waals surface area contributed by atoms with E-state index in [-0.39, 0.29) is 25.2 Å². The minimum absolute atomic E-state index is 0.109. The summed E-state index contributed by atoms with van der Waals surface area (Å²) < 4.78 is 10.3. The van der Waals surface area contributed by atoms with Gasteiger partial charge < -0.3 is 14.6 Å². The highest BCUT2D eigenvalue weighted by molar-refractivity contribution is 5.69. The number of hydrogen-bond donors (Lipinski definition) is 1. The summed E-state index contributed by atoms with van der Waals surface area (Å²) >= 11 is 0. The van der Waals surface area contributed by atoms with Crippen molar-refractivity contribution in [3.63, 3.8) is 0 Å². The number of esters is 2. The highest BCUT2D eigenvalue weighted by Crippen LogP contribution is 2.17. The lowest BCUT2D eigenvalue weighted by molar-refractivity contribution is -0.152. The predicted molar refractivity (Wildman–Crippen MR) is 196 cm³/mol. The number of carbonyl (C=O) groups is 2. The average Bonchev–Trinajstić information content (AvgIpc) is 3.04. The highest BCUT2D eigenvalue weighted by atomic mass is 16.6. The molecule has 0 heterocycles. The minimum Gasteiger partial charge on any atom is -0.463 e. The van der Waals surface area contributed by atoms with Crippen LogP contribution in [0.1, 0.15) is 220 Å². The van der Waals surface area contributed by atoms with Gasteiger partial charge in [0.05, 0.1) is 0 Å². The molecule has 274 valence electrons. The van der Waals surface area contributed by atoms with Gasteiger partial charge in [-0.1, -0.05) is 195 Å². The monoisotopic (exact) mass is 653 g/mol. The van der Waals surface area contributed by atoms with Gasteiger partial charge in [-0.3, -0.25) is 9.59 Å². The van der Waals surface area contributed by atoms with E-state index in [2.05, 4.69) is 27.7 Å². The second kappa shape index (κ2) is 35.2. The van der Waals surface area contributed by atoms with E-state index >= 15 is 0 Å². The molecule has 5 heteroatoms. The van der Waals surface area contributed by atoms with E-state index in [0.717, 1.165) is 37.5 Å². The topological polar surface area (TPSA) is 72.8 Å². The quantitative estimate of drug-likeness (QED) is 0.0538. The molecule has 2 atom stereocenters. The predicted octanol–water partition coefficient (Wildman–Crippen LogP) is 12.4. The Labute approximate surface area is 287 Å². The second-order valence-electron chi connectivity index (χ2n) is 14.8. The van der Waals surface area contributed by atoms with Crippen LogP contribution in [-0.4, -0.2) is 36.4 Å². The van der Waals surface area contributed by atoms with E-state index in [0.29, 0.717) is 12.8 Å². The molecule has 5 nitrogen and oxygen atoms in total. The molecule has 0 spiro atoms. The molecule has 0 bridgehead atoms. The summed E-state index contributed by atoms with van der Waals surface area (Å²) in [5.74, 6) is 1.18. The summed E-state index contributed by atoms with van der Waals surface area (Å²) in [6.45, 7) is 9.05. The summed E-state index contributed by atoms with van der Waals surface area (Å²) in [4.78, 5) is 23.9. The fourth-order valence-electron chi connectivity index (χ4n) is 6.07. The number of rotatable bonds is 36. The Bertz CT molecular complexity index is 649. The Kier molecular flexibility index (Phi) is 34.4. The first kappa shape index (κ1) is 44.9. The van der Waals surface area contributed by atoms with Gasteiger partial charge in [0.2, 0.25) is 0 Å². The van der Waals surface area contributed by atoms with E-state index in [1.807, 2.05) is 0 Å². The molecule has 0 radical (unpaired) electrons. The molecule has 1 N–H and O–H groups in total. The van der Waals surface area contributed by atoms with Crippen molar-refractivity contribution in [3.05, 3.63) is 0 Å². The largest absolute Gasteiger partial charge is 0.463 e. The molecule has 0 saturated heterocycles. The maximum Gasteiger partial charge on any atom is 0.305 e. The zero-order valence-electron chi connectivity index (χ0n) is 31.4. The molecule has 0 aromatic carbocycles. The second-order valence-corrected chi connectivity index (χ2v) is 14.8. The molecule has 0 aliphatic rings. The third kappa shape index (κ3) is 35.7. The lowest BCUT2D eigenvalue weighted by Gasteiger charge is -2.12. The van der Waals surface area contributed by atoms with Gasteiger partial charge in [0.1, 0.15) is 19.3 Å². The van der Waals surface area contributed by atoms with Gasteiger partial charge in [-0.05, 0) is 24.7 Å². The van der Waals surface area contributed by atoms with Crippen molar-refractivity contribution in [2.24, 2.45) is 11.8 Å². The van der Waals surface area contributed by atoms with E-state index in [1.165, 1.54) is 154 Å². The number of ether oxygens (including phenoxy) is 2. The fraction of sp³-hybridized carbons (Fsp3) is 0.951. The molecule has 0 amide bonds. The summed E-state index contributed by atoms with van der Waals surface area (Å²) in [6.07, 6.45) is 35.8. The van der Waals surface area contributed by atoms with Gasteiger partial charge in [0.25, 0.3) is 0 Å². The van der Waals surface area contributed by atoms with Gasteiger partial charge in [-0.25, -0.2) is 0 Å². The normalized spacial score (nSPS) is 12.8. The smallest absolute Gasteiger partial charge is 0.305 e. The SMILES string of the molecule is CCC(C)CCCCCCCCCCCCC(=O)OC[C@H](O)COC(=O)CCCCCCCCCCCCCCCCCC(C)C. The first-order valence-corrected chi connectivity index (χ1v) is 20.3. The Morgan fingerprint density at radius 2 is 0.739 bits per heavy atom. The fourth-order valence-corrected chi connectivity index (χ4v) is 6.07. The molecule has 0 aromatic rings. The molecule has 0 aromatic heterocycles. The first-order valence-electron chi connectivity index (χ1n) is 20.3. The number of aliphatic hydroxyl groups excluding tert-OH is 1. The van der Waals surface area contributed by atoms with E-state index < -0.39 is 6.10 Å². The Morgan fingerprint density at radius 3 is 1.04 bits per heavy atom. The molecular weight excluding hydrogens is 572 g/mol. The maximum absolute atomic E-state index is 12.0. The molecule has 0 aliphatic carbocycles. The standard InChI is InChI=1S/C41H80O5/c1-5-38(4)32-28-24-20-16-13-14-18-22-26-30-34-41(44)46-36-39(42)35-45-40(43)33-29-25-21-17-12-10-8-6-7-9-11-15-19-23-27-31-37(2)3/h37-39,42H,5-36H2,1-4H3/t38?,39-/m1/s1. The van der Waals surface area contributed by atoms with Crippen LogP contribution >= 0.6 is 0 Å². The molecule has 0 saturated carbocycles. The lowest BCUT2D eigenvalue weighted by Crippen LogP contribution is -2.25. The Morgan fingerprint density at radius 1 is 0.457 bits per heavy atom. The Balaban J connectivity index is 3.38. The number of unbranched alkanes of at least 4 members (excludes halogenated alkanes) is 23. The highest BCUT2D eigenvalue weighted by Gasteiger charge is 2.12. The van der Waals surface area contributed by atoms with Crippen LogP contribution in [0.3, 0.4) is 0 Å². The molecule has 46 heavy (non-hydrogen) atoms. The van der Waals surface area contributed by atoms with Crippen LogP contribution in [-0.2, 0) is 19.1 Å². The van der Waals surface area contributed by atoms with Gasteiger partial charge in [-0.15, -0.1) is 0 Å². The summed E-state index contributed by atoms with van der Waals surface area (Å²) in [6, 6.07) is 0. The minimum atomic E-state index is -0.956. The third-order valence-corrected chi connectivity index (χ3v) is 9.56. The Hall–Kier alpha value is -1.10.